The number of nitrogens with zero attached hydrogens (tertiary/aromatic N) is 3. The second-order valence-electron chi connectivity index (χ2n) is 3.80. The molecule has 0 aromatic carbocycles. The smallest absolute Gasteiger partial charge is 0.151 e. The van der Waals surface area contributed by atoms with E-state index in [1.807, 2.05) is 12.1 Å². The zero-order valence-corrected chi connectivity index (χ0v) is 8.85. The highest BCUT2D eigenvalue weighted by Gasteiger charge is 2.11. The van der Waals surface area contributed by atoms with Gasteiger partial charge in [-0.15, -0.1) is 5.10 Å². The second kappa shape index (κ2) is 4.40. The second-order valence-corrected chi connectivity index (χ2v) is 3.80. The van der Waals surface area contributed by atoms with E-state index in [1.165, 1.54) is 5.57 Å². The Morgan fingerprint density at radius 3 is 2.87 bits per heavy atom. The summed E-state index contributed by atoms with van der Waals surface area (Å²) in [6.45, 7) is 3.99. The molecule has 0 bridgehead atoms. The van der Waals surface area contributed by atoms with Crippen molar-refractivity contribution in [1.29, 1.82) is 0 Å². The summed E-state index contributed by atoms with van der Waals surface area (Å²) >= 11 is 0. The van der Waals surface area contributed by atoms with E-state index >= 15 is 0 Å². The van der Waals surface area contributed by atoms with Crippen molar-refractivity contribution in [3.05, 3.63) is 29.5 Å². The van der Waals surface area contributed by atoms with E-state index in [0.717, 1.165) is 25.3 Å². The fourth-order valence-electron chi connectivity index (χ4n) is 1.71. The Balaban J connectivity index is 2.12. The first-order chi connectivity index (χ1) is 7.29. The monoisotopic (exact) mass is 205 g/mol. The molecule has 4 nitrogen and oxygen atoms in total. The summed E-state index contributed by atoms with van der Waals surface area (Å²) in [7, 11) is 0. The Bertz CT molecular complexity index is 359. The highest BCUT2D eigenvalue weighted by Crippen LogP contribution is 2.16. The maximum absolute atomic E-state index is 8.86. The van der Waals surface area contributed by atoms with Crippen molar-refractivity contribution < 1.29 is 5.11 Å². The first kappa shape index (κ1) is 10.1. The molecule has 4 heteroatoms. The van der Waals surface area contributed by atoms with Crippen LogP contribution in [0.1, 0.15) is 19.0 Å². The minimum absolute atomic E-state index is 0.0494. The van der Waals surface area contributed by atoms with Gasteiger partial charge in [0, 0.05) is 13.1 Å². The van der Waals surface area contributed by atoms with E-state index in [9.17, 15) is 0 Å². The lowest BCUT2D eigenvalue weighted by Crippen LogP contribution is -2.30. The first-order valence-electron chi connectivity index (χ1n) is 5.13. The lowest BCUT2D eigenvalue weighted by molar-refractivity contribution is 0.275. The molecule has 80 valence electrons. The van der Waals surface area contributed by atoms with Gasteiger partial charge < -0.3 is 10.0 Å². The summed E-state index contributed by atoms with van der Waals surface area (Å²) < 4.78 is 0. The average molecular weight is 205 g/mol. The zero-order valence-electron chi connectivity index (χ0n) is 8.85. The molecule has 1 aliphatic rings. The number of hydrogen-bond acceptors (Lipinski definition) is 4. The molecule has 1 N–H and O–H groups in total. The number of anilines is 1. The molecule has 0 aliphatic carbocycles. The van der Waals surface area contributed by atoms with Gasteiger partial charge in [-0.25, -0.2) is 0 Å². The van der Waals surface area contributed by atoms with Gasteiger partial charge in [0.05, 0.1) is 12.3 Å². The Labute approximate surface area is 89.3 Å². The third-order valence-corrected chi connectivity index (χ3v) is 2.52. The number of rotatable bonds is 2. The Morgan fingerprint density at radius 1 is 1.40 bits per heavy atom. The minimum Gasteiger partial charge on any atom is -0.390 e. The maximum atomic E-state index is 8.86. The molecule has 1 aromatic heterocycles. The predicted molar refractivity (Wildman–Crippen MR) is 58.5 cm³/mol. The van der Waals surface area contributed by atoms with Crippen molar-refractivity contribution in [2.24, 2.45) is 0 Å². The SMILES string of the molecule is CC1=CCCN(c2ccc(CO)nn2)C1. The summed E-state index contributed by atoms with van der Waals surface area (Å²) in [6, 6.07) is 3.73. The number of aliphatic hydroxyl groups excluding tert-OH is 1. The highest BCUT2D eigenvalue weighted by molar-refractivity contribution is 5.40. The average Bonchev–Trinajstić information content (AvgIpc) is 2.29. The normalized spacial score (nSPS) is 16.4. The van der Waals surface area contributed by atoms with Crippen molar-refractivity contribution in [3.63, 3.8) is 0 Å². The van der Waals surface area contributed by atoms with Crippen molar-refractivity contribution in [3.8, 4) is 0 Å². The van der Waals surface area contributed by atoms with Crippen LogP contribution in [0.3, 0.4) is 0 Å². The summed E-state index contributed by atoms with van der Waals surface area (Å²) in [5.74, 6) is 0.889. The molecule has 0 saturated carbocycles. The Hall–Kier alpha value is -1.42. The summed E-state index contributed by atoms with van der Waals surface area (Å²) in [4.78, 5) is 2.20. The quantitative estimate of drug-likeness (QED) is 0.735. The molecule has 0 amide bonds. The lowest BCUT2D eigenvalue weighted by atomic mass is 10.1. The van der Waals surface area contributed by atoms with Gasteiger partial charge in [0.2, 0.25) is 0 Å². The van der Waals surface area contributed by atoms with Crippen molar-refractivity contribution >= 4 is 5.82 Å². The topological polar surface area (TPSA) is 49.2 Å². The van der Waals surface area contributed by atoms with Gasteiger partial charge in [-0.05, 0) is 25.5 Å². The number of aromatic nitrogens is 2. The summed E-state index contributed by atoms with van der Waals surface area (Å²) in [5, 5.41) is 16.9. The van der Waals surface area contributed by atoms with Crippen LogP contribution in [0.15, 0.2) is 23.8 Å². The van der Waals surface area contributed by atoms with Gasteiger partial charge in [-0.1, -0.05) is 11.6 Å². The molecular weight excluding hydrogens is 190 g/mol. The molecule has 2 heterocycles. The van der Waals surface area contributed by atoms with E-state index < -0.39 is 0 Å². The Kier molecular flexibility index (Phi) is 2.97. The minimum atomic E-state index is -0.0494. The Morgan fingerprint density at radius 2 is 2.27 bits per heavy atom. The maximum Gasteiger partial charge on any atom is 0.151 e. The molecule has 0 saturated heterocycles. The van der Waals surface area contributed by atoms with Crippen molar-refractivity contribution in [2.75, 3.05) is 18.0 Å². The van der Waals surface area contributed by atoms with E-state index in [-0.39, 0.29) is 6.61 Å². The summed E-state index contributed by atoms with van der Waals surface area (Å²) in [5.41, 5.74) is 1.98. The third kappa shape index (κ3) is 2.33. The van der Waals surface area contributed by atoms with E-state index in [0.29, 0.717) is 5.69 Å². The molecular formula is C11H15N3O. The standard InChI is InChI=1S/C11H15N3O/c1-9-3-2-6-14(7-9)11-5-4-10(8-15)12-13-11/h3-5,15H,2,6-8H2,1H3. The van der Waals surface area contributed by atoms with Gasteiger partial charge in [0.25, 0.3) is 0 Å². The van der Waals surface area contributed by atoms with Crippen LogP contribution in [0.5, 0.6) is 0 Å². The van der Waals surface area contributed by atoms with Crippen molar-refractivity contribution in [1.82, 2.24) is 10.2 Å². The molecule has 15 heavy (non-hydrogen) atoms. The molecule has 1 aliphatic heterocycles. The van der Waals surface area contributed by atoms with Gasteiger partial charge >= 0.3 is 0 Å². The van der Waals surface area contributed by atoms with Crippen LogP contribution < -0.4 is 4.90 Å². The third-order valence-electron chi connectivity index (χ3n) is 2.52. The van der Waals surface area contributed by atoms with Crippen LogP contribution in [0.25, 0.3) is 0 Å². The van der Waals surface area contributed by atoms with Crippen LogP contribution in [0.2, 0.25) is 0 Å². The van der Waals surface area contributed by atoms with Crippen LogP contribution in [0, 0.1) is 0 Å². The molecule has 0 unspecified atom stereocenters. The van der Waals surface area contributed by atoms with E-state index in [1.54, 1.807) is 0 Å². The van der Waals surface area contributed by atoms with Crippen LogP contribution >= 0.6 is 0 Å². The molecule has 0 radical (unpaired) electrons. The molecule has 0 atom stereocenters. The van der Waals surface area contributed by atoms with Gasteiger partial charge in [-0.2, -0.15) is 5.10 Å². The van der Waals surface area contributed by atoms with Crippen LogP contribution in [-0.4, -0.2) is 28.4 Å². The molecule has 0 spiro atoms. The zero-order chi connectivity index (χ0) is 10.7. The molecule has 0 fully saturated rings. The summed E-state index contributed by atoms with van der Waals surface area (Å²) in [6.07, 6.45) is 3.32. The lowest BCUT2D eigenvalue weighted by Gasteiger charge is -2.26. The number of hydrogen-bond donors (Lipinski definition) is 1. The largest absolute Gasteiger partial charge is 0.390 e. The fraction of sp³-hybridized carbons (Fsp3) is 0.455. The van der Waals surface area contributed by atoms with E-state index in [2.05, 4.69) is 28.1 Å². The predicted octanol–water partition coefficient (Wildman–Crippen LogP) is 1.13. The fourth-order valence-corrected chi connectivity index (χ4v) is 1.71. The molecule has 2 rings (SSSR count). The highest BCUT2D eigenvalue weighted by atomic mass is 16.3. The van der Waals surface area contributed by atoms with Crippen LogP contribution in [-0.2, 0) is 6.61 Å². The van der Waals surface area contributed by atoms with Gasteiger partial charge in [0.1, 0.15) is 0 Å². The van der Waals surface area contributed by atoms with Crippen molar-refractivity contribution in [2.45, 2.75) is 20.0 Å². The van der Waals surface area contributed by atoms with Gasteiger partial charge in [-0.3, -0.25) is 0 Å². The van der Waals surface area contributed by atoms with E-state index in [4.69, 9.17) is 5.11 Å². The molecule has 1 aromatic rings. The first-order valence-corrected chi connectivity index (χ1v) is 5.13. The van der Waals surface area contributed by atoms with Crippen LogP contribution in [0.4, 0.5) is 5.82 Å². The number of aliphatic hydroxyl groups is 1. The van der Waals surface area contributed by atoms with Gasteiger partial charge in [0.15, 0.2) is 5.82 Å².